The first kappa shape index (κ1) is 21.7. The Bertz CT molecular complexity index is 791. The average Bonchev–Trinajstić information content (AvgIpc) is 2.67. The van der Waals surface area contributed by atoms with Gasteiger partial charge in [-0.15, -0.1) is 0 Å². The molecule has 0 bridgehead atoms. The average molecular weight is 401 g/mol. The van der Waals surface area contributed by atoms with Gasteiger partial charge in [-0.2, -0.15) is 0 Å². The second-order valence-electron chi connectivity index (χ2n) is 7.00. The third-order valence-corrected chi connectivity index (χ3v) is 4.14. The van der Waals surface area contributed by atoms with Gasteiger partial charge in [0.15, 0.2) is 5.11 Å². The number of hydrogen-bond acceptors (Lipinski definition) is 4. The Morgan fingerprint density at radius 2 is 1.79 bits per heavy atom. The van der Waals surface area contributed by atoms with Crippen LogP contribution in [-0.2, 0) is 0 Å². The molecule has 0 fully saturated rings. The zero-order valence-corrected chi connectivity index (χ0v) is 17.6. The predicted molar refractivity (Wildman–Crippen MR) is 117 cm³/mol. The molecule has 0 heterocycles. The fourth-order valence-electron chi connectivity index (χ4n) is 2.26. The van der Waals surface area contributed by atoms with Crippen LogP contribution in [0.3, 0.4) is 0 Å². The normalized spacial score (nSPS) is 11.6. The molecule has 2 N–H and O–H groups in total. The van der Waals surface area contributed by atoms with Crippen molar-refractivity contribution in [2.45, 2.75) is 40.2 Å². The predicted octanol–water partition coefficient (Wildman–Crippen LogP) is 5.03. The topological polar surface area (TPSA) is 59.6 Å². The molecule has 2 rings (SSSR count). The second kappa shape index (κ2) is 10.7. The molecule has 1 atom stereocenters. The molecule has 150 valence electrons. The second-order valence-corrected chi connectivity index (χ2v) is 7.41. The zero-order valence-electron chi connectivity index (χ0n) is 16.8. The number of anilines is 1. The molecule has 1 unspecified atom stereocenters. The number of hydrogen-bond donors (Lipinski definition) is 2. The van der Waals surface area contributed by atoms with Crippen LogP contribution in [0.4, 0.5) is 5.69 Å². The summed E-state index contributed by atoms with van der Waals surface area (Å²) in [7, 11) is 0. The Balaban J connectivity index is 1.90. The fourth-order valence-corrected chi connectivity index (χ4v) is 2.47. The number of benzene rings is 2. The van der Waals surface area contributed by atoms with Crippen molar-refractivity contribution in [1.82, 2.24) is 5.32 Å². The van der Waals surface area contributed by atoms with Gasteiger partial charge in [0.1, 0.15) is 11.5 Å². The van der Waals surface area contributed by atoms with E-state index in [2.05, 4.69) is 24.5 Å². The van der Waals surface area contributed by atoms with Crippen molar-refractivity contribution in [3.05, 3.63) is 54.1 Å². The van der Waals surface area contributed by atoms with Crippen LogP contribution in [0.1, 0.15) is 44.5 Å². The van der Waals surface area contributed by atoms with Crippen molar-refractivity contribution in [3.8, 4) is 11.5 Å². The Hall–Kier alpha value is -2.60. The summed E-state index contributed by atoms with van der Waals surface area (Å²) in [6, 6.07) is 14.5. The highest BCUT2D eigenvalue weighted by Crippen LogP contribution is 2.17. The zero-order chi connectivity index (χ0) is 20.5. The highest BCUT2D eigenvalue weighted by atomic mass is 32.1. The van der Waals surface area contributed by atoms with Gasteiger partial charge in [-0.1, -0.05) is 26.8 Å². The van der Waals surface area contributed by atoms with E-state index >= 15 is 0 Å². The quantitative estimate of drug-likeness (QED) is 0.609. The lowest BCUT2D eigenvalue weighted by Crippen LogP contribution is -2.34. The molecule has 0 aliphatic rings. The first-order valence-corrected chi connectivity index (χ1v) is 9.90. The standard InChI is InChI=1S/C22H28N2O3S/c1-5-16(4)27-20-8-6-7-17(13-20)21(25)24-22(28)23-18-9-11-19(12-10-18)26-14-15(2)3/h6-13,15-16H,5,14H2,1-4H3,(H2,23,24,25,28). The van der Waals surface area contributed by atoms with E-state index in [1.807, 2.05) is 44.2 Å². The van der Waals surface area contributed by atoms with Gasteiger partial charge in [-0.25, -0.2) is 0 Å². The molecule has 0 spiro atoms. The van der Waals surface area contributed by atoms with Crippen molar-refractivity contribution < 1.29 is 14.3 Å². The van der Waals surface area contributed by atoms with Crippen molar-refractivity contribution >= 4 is 28.9 Å². The van der Waals surface area contributed by atoms with Crippen LogP contribution in [0.2, 0.25) is 0 Å². The molecular formula is C22H28N2O3S. The number of rotatable bonds is 8. The molecule has 2 aromatic rings. The highest BCUT2D eigenvalue weighted by Gasteiger charge is 2.10. The monoisotopic (exact) mass is 400 g/mol. The molecule has 5 nitrogen and oxygen atoms in total. The van der Waals surface area contributed by atoms with Crippen LogP contribution in [0.15, 0.2) is 48.5 Å². The molecular weight excluding hydrogens is 372 g/mol. The van der Waals surface area contributed by atoms with Crippen LogP contribution >= 0.6 is 12.2 Å². The molecule has 0 aromatic heterocycles. The van der Waals surface area contributed by atoms with Gasteiger partial charge >= 0.3 is 0 Å². The molecule has 0 aliphatic carbocycles. The molecule has 2 aromatic carbocycles. The van der Waals surface area contributed by atoms with E-state index < -0.39 is 0 Å². The maximum absolute atomic E-state index is 12.4. The lowest BCUT2D eigenvalue weighted by atomic mass is 10.2. The van der Waals surface area contributed by atoms with E-state index in [1.165, 1.54) is 0 Å². The maximum atomic E-state index is 12.4. The van der Waals surface area contributed by atoms with Gasteiger partial charge in [-0.05, 0) is 73.9 Å². The fraction of sp³-hybridized carbons (Fsp3) is 0.364. The van der Waals surface area contributed by atoms with Gasteiger partial charge < -0.3 is 14.8 Å². The number of carbonyl (C=O) groups is 1. The SMILES string of the molecule is CCC(C)Oc1cccc(C(=O)NC(=S)Nc2ccc(OCC(C)C)cc2)c1. The molecule has 1 amide bonds. The van der Waals surface area contributed by atoms with Gasteiger partial charge in [-0.3, -0.25) is 10.1 Å². The Morgan fingerprint density at radius 1 is 1.07 bits per heavy atom. The van der Waals surface area contributed by atoms with Crippen LogP contribution in [-0.4, -0.2) is 23.7 Å². The van der Waals surface area contributed by atoms with E-state index in [1.54, 1.807) is 18.2 Å². The first-order valence-electron chi connectivity index (χ1n) is 9.49. The first-order chi connectivity index (χ1) is 13.4. The number of thiocarbonyl (C=S) groups is 1. The van der Waals surface area contributed by atoms with E-state index in [0.29, 0.717) is 23.8 Å². The number of ether oxygens (including phenoxy) is 2. The minimum atomic E-state index is -0.288. The minimum Gasteiger partial charge on any atom is -0.493 e. The molecule has 28 heavy (non-hydrogen) atoms. The summed E-state index contributed by atoms with van der Waals surface area (Å²) in [4.78, 5) is 12.4. The third-order valence-electron chi connectivity index (χ3n) is 3.93. The van der Waals surface area contributed by atoms with Crippen molar-refractivity contribution in [3.63, 3.8) is 0 Å². The summed E-state index contributed by atoms with van der Waals surface area (Å²) in [5.74, 6) is 1.64. The summed E-state index contributed by atoms with van der Waals surface area (Å²) < 4.78 is 11.4. The summed E-state index contributed by atoms with van der Waals surface area (Å²) >= 11 is 5.25. The van der Waals surface area contributed by atoms with Gasteiger partial charge in [0, 0.05) is 11.3 Å². The Labute approximate surface area is 172 Å². The number of amides is 1. The van der Waals surface area contributed by atoms with Crippen molar-refractivity contribution in [2.75, 3.05) is 11.9 Å². The van der Waals surface area contributed by atoms with E-state index in [-0.39, 0.29) is 17.1 Å². The molecule has 0 saturated carbocycles. The van der Waals surface area contributed by atoms with Gasteiger partial charge in [0.05, 0.1) is 12.7 Å². The molecule has 0 saturated heterocycles. The number of nitrogens with one attached hydrogen (secondary N) is 2. The van der Waals surface area contributed by atoms with Crippen molar-refractivity contribution in [1.29, 1.82) is 0 Å². The van der Waals surface area contributed by atoms with Crippen LogP contribution in [0, 0.1) is 5.92 Å². The van der Waals surface area contributed by atoms with Crippen molar-refractivity contribution in [2.24, 2.45) is 5.92 Å². The van der Waals surface area contributed by atoms with E-state index in [9.17, 15) is 4.79 Å². The third kappa shape index (κ3) is 7.19. The summed E-state index contributed by atoms with van der Waals surface area (Å²) in [5.41, 5.74) is 1.26. The number of carbonyl (C=O) groups excluding carboxylic acids is 1. The lowest BCUT2D eigenvalue weighted by Gasteiger charge is -2.14. The van der Waals surface area contributed by atoms with Gasteiger partial charge in [0.25, 0.3) is 5.91 Å². The smallest absolute Gasteiger partial charge is 0.257 e. The highest BCUT2D eigenvalue weighted by molar-refractivity contribution is 7.80. The van der Waals surface area contributed by atoms with E-state index in [4.69, 9.17) is 21.7 Å². The van der Waals surface area contributed by atoms with E-state index in [0.717, 1.165) is 17.9 Å². The lowest BCUT2D eigenvalue weighted by molar-refractivity contribution is 0.0977. The summed E-state index contributed by atoms with van der Waals surface area (Å²) in [6.45, 7) is 8.91. The maximum Gasteiger partial charge on any atom is 0.257 e. The summed E-state index contributed by atoms with van der Waals surface area (Å²) in [6.07, 6.45) is 0.986. The van der Waals surface area contributed by atoms with Crippen LogP contribution in [0.25, 0.3) is 0 Å². The minimum absolute atomic E-state index is 0.0912. The van der Waals surface area contributed by atoms with Crippen LogP contribution < -0.4 is 20.1 Å². The largest absolute Gasteiger partial charge is 0.493 e. The van der Waals surface area contributed by atoms with Gasteiger partial charge in [0.2, 0.25) is 0 Å². The molecule has 6 heteroatoms. The Kier molecular flexibility index (Phi) is 8.26. The Morgan fingerprint density at radius 3 is 2.43 bits per heavy atom. The molecule has 0 radical (unpaired) electrons. The molecule has 0 aliphatic heterocycles. The summed E-state index contributed by atoms with van der Waals surface area (Å²) in [5, 5.41) is 5.92. The van der Waals surface area contributed by atoms with Crippen LogP contribution in [0.5, 0.6) is 11.5 Å².